The summed E-state index contributed by atoms with van der Waals surface area (Å²) in [6.45, 7) is 1.92. The van der Waals surface area contributed by atoms with Gasteiger partial charge in [0.05, 0.1) is 18.4 Å². The Morgan fingerprint density at radius 2 is 1.96 bits per heavy atom. The molecule has 0 fully saturated rings. The Bertz CT molecular complexity index is 945. The molecule has 1 aromatic carbocycles. The number of hydrogen-bond acceptors (Lipinski definition) is 4. The summed E-state index contributed by atoms with van der Waals surface area (Å²) in [4.78, 5) is 28.2. The van der Waals surface area contributed by atoms with Gasteiger partial charge in [-0.1, -0.05) is 6.92 Å². The van der Waals surface area contributed by atoms with Crippen LogP contribution in [0.1, 0.15) is 33.5 Å². The van der Waals surface area contributed by atoms with E-state index < -0.39 is 5.97 Å². The van der Waals surface area contributed by atoms with Crippen molar-refractivity contribution >= 4 is 23.2 Å². The Morgan fingerprint density at radius 3 is 2.56 bits per heavy atom. The molecule has 3 aromatic rings. The van der Waals surface area contributed by atoms with Gasteiger partial charge in [0.25, 0.3) is 5.91 Å². The van der Waals surface area contributed by atoms with E-state index in [2.05, 4.69) is 10.3 Å². The van der Waals surface area contributed by atoms with Gasteiger partial charge < -0.3 is 15.2 Å². The molecule has 3 rings (SSSR count). The first-order chi connectivity index (χ1) is 12.0. The molecule has 0 unspecified atom stereocenters. The highest BCUT2D eigenvalue weighted by molar-refractivity contribution is 6.04. The first kappa shape index (κ1) is 16.5. The molecule has 0 aliphatic rings. The van der Waals surface area contributed by atoms with Crippen molar-refractivity contribution in [3.05, 3.63) is 59.5 Å². The molecule has 0 saturated heterocycles. The predicted octanol–water partition coefficient (Wildman–Crippen LogP) is 2.86. The Hall–Kier alpha value is -3.35. The van der Waals surface area contributed by atoms with Crippen LogP contribution in [-0.2, 0) is 6.42 Å². The molecule has 7 heteroatoms. The van der Waals surface area contributed by atoms with Gasteiger partial charge in [-0.15, -0.1) is 0 Å². The number of aromatic nitrogens is 2. The van der Waals surface area contributed by atoms with E-state index in [4.69, 9.17) is 9.84 Å². The van der Waals surface area contributed by atoms with Gasteiger partial charge in [0.2, 0.25) is 0 Å². The maximum atomic E-state index is 12.8. The number of aromatic carboxylic acids is 1. The molecule has 0 bridgehead atoms. The summed E-state index contributed by atoms with van der Waals surface area (Å²) < 4.78 is 7.00. The quantitative estimate of drug-likeness (QED) is 0.745. The lowest BCUT2D eigenvalue weighted by Crippen LogP contribution is -2.16. The lowest BCUT2D eigenvalue weighted by Gasteiger charge is -2.07. The number of anilines is 1. The highest BCUT2D eigenvalue weighted by atomic mass is 16.5. The van der Waals surface area contributed by atoms with Gasteiger partial charge in [0.1, 0.15) is 5.69 Å². The number of fused-ring (bicyclic) bond motifs is 1. The molecule has 7 nitrogen and oxygen atoms in total. The largest absolute Gasteiger partial charge is 0.493 e. The number of imidazole rings is 1. The number of amides is 1. The van der Waals surface area contributed by atoms with Crippen LogP contribution in [-0.4, -0.2) is 33.5 Å². The van der Waals surface area contributed by atoms with E-state index >= 15 is 0 Å². The highest BCUT2D eigenvalue weighted by Gasteiger charge is 2.20. The molecule has 25 heavy (non-hydrogen) atoms. The van der Waals surface area contributed by atoms with Crippen LogP contribution < -0.4 is 10.1 Å². The Labute approximate surface area is 143 Å². The number of carboxylic acid groups (broad SMARTS) is 1. The first-order valence-corrected chi connectivity index (χ1v) is 7.73. The Kier molecular flexibility index (Phi) is 4.38. The van der Waals surface area contributed by atoms with Crippen LogP contribution in [0.2, 0.25) is 0 Å². The molecular formula is C18H17N3O4. The second kappa shape index (κ2) is 6.64. The summed E-state index contributed by atoms with van der Waals surface area (Å²) in [5, 5.41) is 11.7. The van der Waals surface area contributed by atoms with Crippen molar-refractivity contribution < 1.29 is 19.4 Å². The van der Waals surface area contributed by atoms with Crippen molar-refractivity contribution in [2.75, 3.05) is 12.4 Å². The van der Waals surface area contributed by atoms with Gasteiger partial charge >= 0.3 is 5.97 Å². The van der Waals surface area contributed by atoms with Crippen LogP contribution in [0.15, 0.2) is 42.6 Å². The van der Waals surface area contributed by atoms with Crippen LogP contribution in [0.5, 0.6) is 5.75 Å². The molecule has 0 aliphatic carbocycles. The molecule has 0 atom stereocenters. The zero-order valence-electron chi connectivity index (χ0n) is 13.8. The van der Waals surface area contributed by atoms with Gasteiger partial charge in [-0.25, -0.2) is 9.78 Å². The van der Waals surface area contributed by atoms with E-state index in [1.54, 1.807) is 42.0 Å². The molecule has 2 aromatic heterocycles. The van der Waals surface area contributed by atoms with Crippen molar-refractivity contribution in [1.29, 1.82) is 0 Å². The number of hydrogen-bond donors (Lipinski definition) is 2. The monoisotopic (exact) mass is 339 g/mol. The number of carbonyl (C=O) groups excluding carboxylic acids is 1. The number of ether oxygens (including phenoxy) is 1. The number of carboxylic acids is 1. The van der Waals surface area contributed by atoms with Crippen molar-refractivity contribution in [2.24, 2.45) is 0 Å². The third-order valence-corrected chi connectivity index (χ3v) is 3.85. The van der Waals surface area contributed by atoms with Crippen LogP contribution in [0, 0.1) is 0 Å². The average Bonchev–Trinajstić information content (AvgIpc) is 3.00. The number of benzene rings is 1. The molecule has 0 radical (unpaired) electrons. The van der Waals surface area contributed by atoms with Gasteiger partial charge in [0, 0.05) is 11.9 Å². The number of carbonyl (C=O) groups is 2. The average molecular weight is 339 g/mol. The topological polar surface area (TPSA) is 92.9 Å². The number of rotatable bonds is 5. The maximum Gasteiger partial charge on any atom is 0.335 e. The molecule has 1 amide bonds. The fourth-order valence-corrected chi connectivity index (χ4v) is 2.62. The third kappa shape index (κ3) is 3.03. The minimum absolute atomic E-state index is 0.159. The second-order valence-corrected chi connectivity index (χ2v) is 5.37. The third-order valence-electron chi connectivity index (χ3n) is 3.85. The van der Waals surface area contributed by atoms with Crippen LogP contribution >= 0.6 is 0 Å². The summed E-state index contributed by atoms with van der Waals surface area (Å²) in [7, 11) is 1.55. The van der Waals surface area contributed by atoms with Crippen LogP contribution in [0.3, 0.4) is 0 Å². The lowest BCUT2D eigenvalue weighted by atomic mass is 10.2. The van der Waals surface area contributed by atoms with Gasteiger partial charge in [-0.05, 0) is 42.8 Å². The van der Waals surface area contributed by atoms with Gasteiger partial charge in [0.15, 0.2) is 11.4 Å². The minimum Gasteiger partial charge on any atom is -0.493 e. The van der Waals surface area contributed by atoms with E-state index in [1.807, 2.05) is 6.92 Å². The highest BCUT2D eigenvalue weighted by Crippen LogP contribution is 2.23. The molecular weight excluding hydrogens is 322 g/mol. The summed E-state index contributed by atoms with van der Waals surface area (Å²) in [6.07, 6.45) is 2.35. The normalized spacial score (nSPS) is 10.6. The smallest absolute Gasteiger partial charge is 0.335 e. The Morgan fingerprint density at radius 1 is 1.24 bits per heavy atom. The maximum absolute atomic E-state index is 12.8. The summed E-state index contributed by atoms with van der Waals surface area (Å²) >= 11 is 0. The van der Waals surface area contributed by atoms with E-state index in [9.17, 15) is 9.59 Å². The number of nitrogens with zero attached hydrogens (tertiary/aromatic N) is 2. The zero-order chi connectivity index (χ0) is 18.0. The van der Waals surface area contributed by atoms with E-state index in [0.29, 0.717) is 34.9 Å². The SMILES string of the molecule is CCc1nc2c(OC)cccn2c1C(=O)Nc1ccc(C(=O)O)cc1. The fraction of sp³-hybridized carbons (Fsp3) is 0.167. The lowest BCUT2D eigenvalue weighted by molar-refractivity contribution is 0.0696. The summed E-state index contributed by atoms with van der Waals surface area (Å²) in [5.41, 5.74) is 2.33. The van der Waals surface area contributed by atoms with Gasteiger partial charge in [-0.2, -0.15) is 0 Å². The Balaban J connectivity index is 1.97. The molecule has 0 aliphatic heterocycles. The first-order valence-electron chi connectivity index (χ1n) is 7.73. The molecule has 2 heterocycles. The molecule has 128 valence electrons. The fourth-order valence-electron chi connectivity index (χ4n) is 2.62. The van der Waals surface area contributed by atoms with Crippen LogP contribution in [0.4, 0.5) is 5.69 Å². The summed E-state index contributed by atoms with van der Waals surface area (Å²) in [6, 6.07) is 9.55. The number of aryl methyl sites for hydroxylation is 1. The molecule has 2 N–H and O–H groups in total. The second-order valence-electron chi connectivity index (χ2n) is 5.37. The van der Waals surface area contributed by atoms with Crippen molar-refractivity contribution in [3.63, 3.8) is 0 Å². The molecule has 0 saturated carbocycles. The minimum atomic E-state index is -1.01. The van der Waals surface area contributed by atoms with Crippen molar-refractivity contribution in [2.45, 2.75) is 13.3 Å². The van der Waals surface area contributed by atoms with E-state index in [0.717, 1.165) is 0 Å². The molecule has 0 spiro atoms. The zero-order valence-corrected chi connectivity index (χ0v) is 13.8. The van der Waals surface area contributed by atoms with E-state index in [1.165, 1.54) is 12.1 Å². The summed E-state index contributed by atoms with van der Waals surface area (Å²) in [5.74, 6) is -0.747. The van der Waals surface area contributed by atoms with Crippen molar-refractivity contribution in [3.8, 4) is 5.75 Å². The number of pyridine rings is 1. The predicted molar refractivity (Wildman–Crippen MR) is 92.5 cm³/mol. The van der Waals surface area contributed by atoms with E-state index in [-0.39, 0.29) is 11.5 Å². The standard InChI is InChI=1S/C18H17N3O4/c1-3-13-15(21-10-4-5-14(25-2)16(21)20-13)17(22)19-12-8-6-11(7-9-12)18(23)24/h4-10H,3H2,1-2H3,(H,19,22)(H,23,24). The number of nitrogens with one attached hydrogen (secondary N) is 1. The van der Waals surface area contributed by atoms with Crippen LogP contribution in [0.25, 0.3) is 5.65 Å². The number of methoxy groups -OCH3 is 1. The van der Waals surface area contributed by atoms with Gasteiger partial charge in [-0.3, -0.25) is 9.20 Å². The van der Waals surface area contributed by atoms with Crippen molar-refractivity contribution in [1.82, 2.24) is 9.38 Å².